The smallest absolute Gasteiger partial charge is 0.0908 e. The average molecular weight is 386 g/mol. The van der Waals surface area contributed by atoms with E-state index in [-0.39, 0.29) is 6.04 Å². The van der Waals surface area contributed by atoms with E-state index in [2.05, 4.69) is 25.7 Å². The molecular formula is C22H28ClN3O. The Labute approximate surface area is 165 Å². The summed E-state index contributed by atoms with van der Waals surface area (Å²) in [6, 6.07) is 13.6. The van der Waals surface area contributed by atoms with Gasteiger partial charge in [0.2, 0.25) is 0 Å². The molecule has 0 saturated carbocycles. The highest BCUT2D eigenvalue weighted by Gasteiger charge is 2.10. The quantitative estimate of drug-likeness (QED) is 0.454. The van der Waals surface area contributed by atoms with Crippen LogP contribution in [0.25, 0.3) is 21.8 Å². The predicted octanol–water partition coefficient (Wildman–Crippen LogP) is 5.10. The van der Waals surface area contributed by atoms with Crippen molar-refractivity contribution in [3.8, 4) is 0 Å². The first kappa shape index (κ1) is 19.7. The molecule has 27 heavy (non-hydrogen) atoms. The highest BCUT2D eigenvalue weighted by Crippen LogP contribution is 2.21. The highest BCUT2D eigenvalue weighted by atomic mass is 35.5. The van der Waals surface area contributed by atoms with Gasteiger partial charge in [-0.05, 0) is 63.7 Å². The van der Waals surface area contributed by atoms with E-state index in [0.717, 1.165) is 54.1 Å². The lowest BCUT2D eigenvalue weighted by Crippen LogP contribution is -2.24. The standard InChI is InChI=1S/C22H28ClN3O/c1-4-25(5-2)14-8-9-16(3)24-22-18-10-6-7-11-20(18)26(27)21-15-17(23)12-13-19(21)22/h6-7,10-13,15-16,27H,4-5,8-9,14H2,1-3H3. The molecule has 0 saturated heterocycles. The van der Waals surface area contributed by atoms with Gasteiger partial charge < -0.3 is 10.1 Å². The van der Waals surface area contributed by atoms with Gasteiger partial charge in [-0.2, -0.15) is 4.73 Å². The fourth-order valence-corrected chi connectivity index (χ4v) is 3.75. The van der Waals surface area contributed by atoms with Gasteiger partial charge in [-0.25, -0.2) is 0 Å². The summed E-state index contributed by atoms with van der Waals surface area (Å²) in [4.78, 5) is 7.49. The third kappa shape index (κ3) is 4.28. The van der Waals surface area contributed by atoms with E-state index in [1.165, 1.54) is 4.73 Å². The molecule has 5 heteroatoms. The minimum Gasteiger partial charge on any atom is -0.428 e. The number of benzene rings is 2. The van der Waals surface area contributed by atoms with Gasteiger partial charge in [0.05, 0.1) is 16.4 Å². The van der Waals surface area contributed by atoms with Crippen LogP contribution >= 0.6 is 11.6 Å². The molecular weight excluding hydrogens is 358 g/mol. The van der Waals surface area contributed by atoms with Gasteiger partial charge in [-0.15, -0.1) is 0 Å². The van der Waals surface area contributed by atoms with Crippen molar-refractivity contribution < 1.29 is 5.21 Å². The predicted molar refractivity (Wildman–Crippen MR) is 114 cm³/mol. The van der Waals surface area contributed by atoms with Crippen molar-refractivity contribution in [2.45, 2.75) is 39.7 Å². The van der Waals surface area contributed by atoms with E-state index in [9.17, 15) is 5.21 Å². The van der Waals surface area contributed by atoms with E-state index in [4.69, 9.17) is 16.6 Å². The number of aromatic nitrogens is 1. The lowest BCUT2D eigenvalue weighted by Gasteiger charge is -2.18. The summed E-state index contributed by atoms with van der Waals surface area (Å²) < 4.78 is 1.21. The van der Waals surface area contributed by atoms with Crippen LogP contribution in [0, 0.1) is 0 Å². The molecule has 4 nitrogen and oxygen atoms in total. The monoisotopic (exact) mass is 385 g/mol. The lowest BCUT2D eigenvalue weighted by molar-refractivity contribution is 0.211. The van der Waals surface area contributed by atoms with Crippen LogP contribution in [0.5, 0.6) is 0 Å². The summed E-state index contributed by atoms with van der Waals surface area (Å²) in [5.74, 6) is 0. The third-order valence-electron chi connectivity index (χ3n) is 5.17. The zero-order valence-corrected chi connectivity index (χ0v) is 17.1. The molecule has 0 amide bonds. The Morgan fingerprint density at radius 2 is 1.78 bits per heavy atom. The van der Waals surface area contributed by atoms with Crippen LogP contribution in [0.3, 0.4) is 0 Å². The maximum Gasteiger partial charge on any atom is 0.0908 e. The highest BCUT2D eigenvalue weighted by molar-refractivity contribution is 6.31. The molecule has 1 heterocycles. The lowest BCUT2D eigenvalue weighted by atomic mass is 10.1. The molecule has 3 aromatic rings. The van der Waals surface area contributed by atoms with Crippen LogP contribution in [0.2, 0.25) is 5.02 Å². The zero-order chi connectivity index (χ0) is 19.4. The maximum atomic E-state index is 10.7. The average Bonchev–Trinajstić information content (AvgIpc) is 2.68. The number of pyridine rings is 1. The second-order valence-electron chi connectivity index (χ2n) is 6.99. The van der Waals surface area contributed by atoms with Crippen LogP contribution in [-0.2, 0) is 0 Å². The molecule has 3 rings (SSSR count). The summed E-state index contributed by atoms with van der Waals surface area (Å²) in [7, 11) is 0. The summed E-state index contributed by atoms with van der Waals surface area (Å²) >= 11 is 6.17. The molecule has 0 aliphatic rings. The van der Waals surface area contributed by atoms with E-state index in [0.29, 0.717) is 10.5 Å². The Balaban J connectivity index is 2.03. The molecule has 0 radical (unpaired) electrons. The Morgan fingerprint density at radius 3 is 2.52 bits per heavy atom. The first-order valence-corrected chi connectivity index (χ1v) is 10.1. The number of rotatable bonds is 7. The molecule has 0 aliphatic heterocycles. The van der Waals surface area contributed by atoms with Crippen LogP contribution in [-0.4, -0.2) is 40.5 Å². The van der Waals surface area contributed by atoms with E-state index in [1.807, 2.05) is 36.4 Å². The van der Waals surface area contributed by atoms with Crippen molar-refractivity contribution in [2.75, 3.05) is 19.6 Å². The molecule has 1 N–H and O–H groups in total. The van der Waals surface area contributed by atoms with Crippen LogP contribution in [0.15, 0.2) is 47.5 Å². The van der Waals surface area contributed by atoms with Gasteiger partial charge in [-0.1, -0.05) is 43.6 Å². The Bertz CT molecular complexity index is 992. The van der Waals surface area contributed by atoms with Gasteiger partial charge in [-0.3, -0.25) is 4.99 Å². The van der Waals surface area contributed by atoms with E-state index < -0.39 is 0 Å². The largest absolute Gasteiger partial charge is 0.428 e. The molecule has 0 fully saturated rings. The number of fused-ring (bicyclic) bond motifs is 2. The Hall–Kier alpha value is -2.04. The minimum absolute atomic E-state index is 0.206. The zero-order valence-electron chi connectivity index (χ0n) is 16.3. The fourth-order valence-electron chi connectivity index (χ4n) is 3.59. The van der Waals surface area contributed by atoms with Gasteiger partial charge in [0.15, 0.2) is 0 Å². The van der Waals surface area contributed by atoms with Crippen molar-refractivity contribution >= 4 is 33.4 Å². The Kier molecular flexibility index (Phi) is 6.40. The molecule has 144 valence electrons. The van der Waals surface area contributed by atoms with Crippen LogP contribution in [0.1, 0.15) is 33.6 Å². The summed E-state index contributed by atoms with van der Waals surface area (Å²) in [6.07, 6.45) is 2.16. The molecule has 1 unspecified atom stereocenters. The first-order chi connectivity index (χ1) is 13.0. The van der Waals surface area contributed by atoms with Crippen molar-refractivity contribution in [3.63, 3.8) is 0 Å². The van der Waals surface area contributed by atoms with Crippen molar-refractivity contribution in [2.24, 2.45) is 4.99 Å². The molecule has 2 aromatic carbocycles. The second kappa shape index (κ2) is 8.77. The van der Waals surface area contributed by atoms with Gasteiger partial charge in [0.25, 0.3) is 0 Å². The fraction of sp³-hybridized carbons (Fsp3) is 0.409. The third-order valence-corrected chi connectivity index (χ3v) is 5.41. The van der Waals surface area contributed by atoms with E-state index >= 15 is 0 Å². The summed E-state index contributed by atoms with van der Waals surface area (Å²) in [5, 5.41) is 14.0. The number of para-hydroxylation sites is 1. The number of nitrogens with zero attached hydrogens (tertiary/aromatic N) is 3. The number of hydrogen-bond donors (Lipinski definition) is 1. The van der Waals surface area contributed by atoms with E-state index in [1.54, 1.807) is 6.07 Å². The first-order valence-electron chi connectivity index (χ1n) is 9.73. The summed E-state index contributed by atoms with van der Waals surface area (Å²) in [5.41, 5.74) is 1.41. The molecule has 1 atom stereocenters. The topological polar surface area (TPSA) is 40.8 Å². The molecule has 0 aliphatic carbocycles. The molecule has 0 spiro atoms. The van der Waals surface area contributed by atoms with Crippen LogP contribution in [0.4, 0.5) is 0 Å². The van der Waals surface area contributed by atoms with Crippen LogP contribution < -0.4 is 5.36 Å². The SMILES string of the molecule is CCN(CC)CCCC(C)N=c1c2ccccc2n(O)c2cc(Cl)ccc12. The van der Waals surface area contributed by atoms with Gasteiger partial charge in [0, 0.05) is 21.8 Å². The minimum atomic E-state index is 0.206. The number of halogens is 1. The van der Waals surface area contributed by atoms with Crippen molar-refractivity contribution in [3.05, 3.63) is 52.8 Å². The molecule has 1 aromatic heterocycles. The van der Waals surface area contributed by atoms with Gasteiger partial charge >= 0.3 is 0 Å². The Morgan fingerprint density at radius 1 is 1.07 bits per heavy atom. The van der Waals surface area contributed by atoms with Gasteiger partial charge in [0.1, 0.15) is 0 Å². The number of hydrogen-bond acceptors (Lipinski definition) is 3. The second-order valence-corrected chi connectivity index (χ2v) is 7.42. The summed E-state index contributed by atoms with van der Waals surface area (Å²) in [6.45, 7) is 9.86. The molecule has 0 bridgehead atoms. The van der Waals surface area contributed by atoms with Crippen molar-refractivity contribution in [1.82, 2.24) is 9.63 Å². The normalized spacial score (nSPS) is 13.7. The van der Waals surface area contributed by atoms with Crippen molar-refractivity contribution in [1.29, 1.82) is 0 Å². The maximum absolute atomic E-state index is 10.7.